The summed E-state index contributed by atoms with van der Waals surface area (Å²) >= 11 is 0. The highest BCUT2D eigenvalue weighted by Crippen LogP contribution is 2.33. The van der Waals surface area contributed by atoms with Crippen LogP contribution in [0.5, 0.6) is 0 Å². The first-order valence-corrected chi connectivity index (χ1v) is 8.15. The predicted molar refractivity (Wildman–Crippen MR) is 96.3 cm³/mol. The zero-order valence-electron chi connectivity index (χ0n) is 13.0. The molecule has 23 heavy (non-hydrogen) atoms. The normalized spacial score (nSPS) is 22.0. The summed E-state index contributed by atoms with van der Waals surface area (Å²) in [6.07, 6.45) is 5.85. The Labute approximate surface area is 137 Å². The van der Waals surface area contributed by atoms with Crippen molar-refractivity contribution in [1.82, 2.24) is 0 Å². The fraction of sp³-hybridized carbons (Fsp3) is 0.211. The minimum absolute atomic E-state index is 0.0775. The summed E-state index contributed by atoms with van der Waals surface area (Å²) in [6, 6.07) is 17.2. The number of hydrogen-bond acceptors (Lipinski definition) is 2. The second kappa shape index (κ2) is 5.62. The standard InChI is InChI=1S/C19H19BN2O/c21-19(23)13-6-5-7-14(12-13)22-17-10-3-1-8-15(17)20-16-9-2-4-11-18(16)22/h1-5,7-11,13-14,20H,6,12H2,(H2,21,23). The molecule has 1 aliphatic heterocycles. The van der Waals surface area contributed by atoms with E-state index >= 15 is 0 Å². The Bertz CT molecular complexity index is 741. The van der Waals surface area contributed by atoms with Crippen LogP contribution in [0.3, 0.4) is 0 Å². The van der Waals surface area contributed by atoms with Crippen LogP contribution in [0.15, 0.2) is 60.7 Å². The van der Waals surface area contributed by atoms with Crippen LogP contribution in [0.4, 0.5) is 11.4 Å². The molecule has 3 nitrogen and oxygen atoms in total. The van der Waals surface area contributed by atoms with Crippen molar-refractivity contribution in [2.75, 3.05) is 4.90 Å². The molecule has 4 heteroatoms. The number of benzene rings is 2. The van der Waals surface area contributed by atoms with Crippen LogP contribution in [0.25, 0.3) is 0 Å². The molecule has 2 aromatic rings. The van der Waals surface area contributed by atoms with E-state index < -0.39 is 0 Å². The van der Waals surface area contributed by atoms with E-state index in [-0.39, 0.29) is 17.9 Å². The smallest absolute Gasteiger partial charge is 0.220 e. The molecule has 2 unspecified atom stereocenters. The topological polar surface area (TPSA) is 46.3 Å². The van der Waals surface area contributed by atoms with E-state index in [4.69, 9.17) is 5.73 Å². The Morgan fingerprint density at radius 1 is 1.04 bits per heavy atom. The molecule has 2 aromatic carbocycles. The molecule has 0 radical (unpaired) electrons. The minimum atomic E-state index is -0.196. The van der Waals surface area contributed by atoms with Crippen molar-refractivity contribution in [3.63, 3.8) is 0 Å². The first-order chi connectivity index (χ1) is 11.2. The van der Waals surface area contributed by atoms with Gasteiger partial charge in [0, 0.05) is 17.3 Å². The van der Waals surface area contributed by atoms with E-state index in [1.54, 1.807) is 0 Å². The quantitative estimate of drug-likeness (QED) is 0.672. The van der Waals surface area contributed by atoms with E-state index in [1.807, 2.05) is 0 Å². The number of nitrogens with zero attached hydrogens (tertiary/aromatic N) is 1. The van der Waals surface area contributed by atoms with E-state index in [2.05, 4.69) is 65.6 Å². The molecule has 0 bridgehead atoms. The number of carbonyl (C=O) groups is 1. The summed E-state index contributed by atoms with van der Waals surface area (Å²) in [5, 5.41) is 0. The molecule has 114 valence electrons. The highest BCUT2D eigenvalue weighted by atomic mass is 16.1. The fourth-order valence-electron chi connectivity index (χ4n) is 3.77. The second-order valence-corrected chi connectivity index (χ2v) is 6.37. The third kappa shape index (κ3) is 2.44. The molecule has 0 aromatic heterocycles. The van der Waals surface area contributed by atoms with E-state index in [0.717, 1.165) is 20.1 Å². The lowest BCUT2D eigenvalue weighted by Crippen LogP contribution is -2.47. The van der Waals surface area contributed by atoms with Crippen LogP contribution < -0.4 is 21.6 Å². The summed E-state index contributed by atoms with van der Waals surface area (Å²) in [5.74, 6) is -0.274. The molecule has 2 N–H and O–H groups in total. The number of amides is 1. The van der Waals surface area contributed by atoms with Crippen molar-refractivity contribution in [2.24, 2.45) is 11.7 Å². The monoisotopic (exact) mass is 302 g/mol. The van der Waals surface area contributed by atoms with Crippen molar-refractivity contribution in [3.05, 3.63) is 60.7 Å². The van der Waals surface area contributed by atoms with Gasteiger partial charge in [-0.15, -0.1) is 0 Å². The second-order valence-electron chi connectivity index (χ2n) is 6.37. The lowest BCUT2D eigenvalue weighted by Gasteiger charge is -2.40. The van der Waals surface area contributed by atoms with Gasteiger partial charge in [0.2, 0.25) is 5.91 Å². The largest absolute Gasteiger partial charge is 0.369 e. The van der Waals surface area contributed by atoms with Gasteiger partial charge in [0.25, 0.3) is 0 Å². The number of anilines is 2. The number of nitrogens with two attached hydrogens (primary N) is 1. The molecule has 2 aliphatic rings. The van der Waals surface area contributed by atoms with E-state index in [0.29, 0.717) is 0 Å². The van der Waals surface area contributed by atoms with Crippen molar-refractivity contribution in [3.8, 4) is 0 Å². The summed E-state index contributed by atoms with van der Waals surface area (Å²) in [5.41, 5.74) is 10.7. The molecular weight excluding hydrogens is 283 g/mol. The molecule has 0 fully saturated rings. The average Bonchev–Trinajstić information content (AvgIpc) is 2.59. The molecule has 2 atom stereocenters. The summed E-state index contributed by atoms with van der Waals surface area (Å²) in [4.78, 5) is 14.0. The van der Waals surface area contributed by atoms with Gasteiger partial charge in [0.05, 0.1) is 6.04 Å². The van der Waals surface area contributed by atoms with Gasteiger partial charge < -0.3 is 10.6 Å². The maximum Gasteiger partial charge on any atom is 0.220 e. The minimum Gasteiger partial charge on any atom is -0.369 e. The number of fused-ring (bicyclic) bond motifs is 2. The summed E-state index contributed by atoms with van der Waals surface area (Å²) in [6.45, 7) is 0. The van der Waals surface area contributed by atoms with E-state index in [1.165, 1.54) is 22.3 Å². The van der Waals surface area contributed by atoms with Gasteiger partial charge >= 0.3 is 0 Å². The van der Waals surface area contributed by atoms with Crippen molar-refractivity contribution in [2.45, 2.75) is 18.9 Å². The van der Waals surface area contributed by atoms with Crippen LogP contribution in [0, 0.1) is 5.92 Å². The highest BCUT2D eigenvalue weighted by molar-refractivity contribution is 6.71. The number of carbonyl (C=O) groups excluding carboxylic acids is 1. The maximum atomic E-state index is 11.6. The molecule has 4 rings (SSSR count). The van der Waals surface area contributed by atoms with Crippen molar-refractivity contribution < 1.29 is 4.79 Å². The Hall–Kier alpha value is -2.49. The zero-order chi connectivity index (χ0) is 15.8. The number of primary amides is 1. The average molecular weight is 302 g/mol. The number of hydrogen-bond donors (Lipinski definition) is 1. The van der Waals surface area contributed by atoms with Gasteiger partial charge in [-0.05, 0) is 25.0 Å². The maximum absolute atomic E-state index is 11.6. The number of para-hydroxylation sites is 2. The Morgan fingerprint density at radius 3 is 2.26 bits per heavy atom. The number of allylic oxidation sites excluding steroid dienone is 1. The predicted octanol–water partition coefficient (Wildman–Crippen LogP) is 1.35. The van der Waals surface area contributed by atoms with Gasteiger partial charge in [-0.1, -0.05) is 59.5 Å². The van der Waals surface area contributed by atoms with Gasteiger partial charge in [-0.25, -0.2) is 0 Å². The van der Waals surface area contributed by atoms with Crippen molar-refractivity contribution in [1.29, 1.82) is 0 Å². The lowest BCUT2D eigenvalue weighted by atomic mass is 9.60. The molecule has 0 spiro atoms. The molecule has 1 amide bonds. The number of rotatable bonds is 2. The molecule has 1 heterocycles. The first-order valence-electron chi connectivity index (χ1n) is 8.15. The Kier molecular flexibility index (Phi) is 3.45. The van der Waals surface area contributed by atoms with Crippen LogP contribution in [0.1, 0.15) is 12.8 Å². The zero-order valence-corrected chi connectivity index (χ0v) is 13.0. The molecular formula is C19H19BN2O. The van der Waals surface area contributed by atoms with Crippen LogP contribution in [0.2, 0.25) is 0 Å². The van der Waals surface area contributed by atoms with Gasteiger partial charge in [0.1, 0.15) is 0 Å². The Morgan fingerprint density at radius 2 is 1.65 bits per heavy atom. The van der Waals surface area contributed by atoms with Gasteiger partial charge in [-0.2, -0.15) is 0 Å². The van der Waals surface area contributed by atoms with Crippen LogP contribution in [-0.2, 0) is 4.79 Å². The summed E-state index contributed by atoms with van der Waals surface area (Å²) in [7, 11) is 0.957. The molecule has 1 aliphatic carbocycles. The van der Waals surface area contributed by atoms with Crippen LogP contribution >= 0.6 is 0 Å². The Balaban J connectivity index is 1.80. The fourth-order valence-corrected chi connectivity index (χ4v) is 3.77. The molecule has 0 saturated heterocycles. The van der Waals surface area contributed by atoms with E-state index in [9.17, 15) is 4.79 Å². The summed E-state index contributed by atoms with van der Waals surface area (Å²) < 4.78 is 0. The lowest BCUT2D eigenvalue weighted by molar-refractivity contribution is -0.122. The van der Waals surface area contributed by atoms with Gasteiger partial charge in [-0.3, -0.25) is 4.79 Å². The highest BCUT2D eigenvalue weighted by Gasteiger charge is 2.31. The molecule has 0 saturated carbocycles. The van der Waals surface area contributed by atoms with Crippen molar-refractivity contribution >= 4 is 35.5 Å². The SMILES string of the molecule is NC(=O)C1CC=CC(N2c3ccccc3Bc3ccccc32)C1. The van der Waals surface area contributed by atoms with Gasteiger partial charge in [0.15, 0.2) is 7.28 Å². The third-order valence-electron chi connectivity index (χ3n) is 4.92. The third-order valence-corrected chi connectivity index (χ3v) is 4.92. The van der Waals surface area contributed by atoms with Crippen LogP contribution in [-0.4, -0.2) is 19.2 Å². The first kappa shape index (κ1) is 14.1.